The summed E-state index contributed by atoms with van der Waals surface area (Å²) in [6, 6.07) is 5.55. The average Bonchev–Trinajstić information content (AvgIpc) is 2.37. The molecule has 0 aliphatic rings. The third-order valence-electron chi connectivity index (χ3n) is 2.51. The number of ketones is 1. The van der Waals surface area contributed by atoms with Crippen LogP contribution in [0.2, 0.25) is 30.1 Å². The van der Waals surface area contributed by atoms with Crippen LogP contribution in [-0.2, 0) is 0 Å². The average molecular weight is 389 g/mol. The standard InChI is InChI=1S/C13H4Cl6O/c14-7-3-11(18)9(16)1-5(7)13(20)6-2-10(17)12(19)4-8(6)15/h1-4H. The Morgan fingerprint density at radius 3 is 1.20 bits per heavy atom. The highest BCUT2D eigenvalue weighted by molar-refractivity contribution is 6.46. The van der Waals surface area contributed by atoms with Gasteiger partial charge in [0.25, 0.3) is 0 Å². The van der Waals surface area contributed by atoms with Gasteiger partial charge in [0.2, 0.25) is 0 Å². The number of benzene rings is 2. The van der Waals surface area contributed by atoms with Gasteiger partial charge in [-0.2, -0.15) is 0 Å². The molecule has 0 unspecified atom stereocenters. The Kier molecular flexibility index (Phi) is 5.12. The predicted molar refractivity (Wildman–Crippen MR) is 86.4 cm³/mol. The molecule has 20 heavy (non-hydrogen) atoms. The van der Waals surface area contributed by atoms with Crippen molar-refractivity contribution in [2.45, 2.75) is 0 Å². The van der Waals surface area contributed by atoms with E-state index in [4.69, 9.17) is 69.6 Å². The van der Waals surface area contributed by atoms with E-state index in [-0.39, 0.29) is 41.3 Å². The summed E-state index contributed by atoms with van der Waals surface area (Å²) < 4.78 is 0. The first-order valence-electron chi connectivity index (χ1n) is 5.15. The molecule has 0 N–H and O–H groups in total. The highest BCUT2D eigenvalue weighted by Crippen LogP contribution is 2.34. The summed E-state index contributed by atoms with van der Waals surface area (Å²) in [5, 5.41) is 1.30. The number of rotatable bonds is 2. The van der Waals surface area contributed by atoms with Gasteiger partial charge < -0.3 is 0 Å². The lowest BCUT2D eigenvalue weighted by Crippen LogP contribution is -2.03. The van der Waals surface area contributed by atoms with Gasteiger partial charge in [-0.25, -0.2) is 0 Å². The summed E-state index contributed by atoms with van der Waals surface area (Å²) in [5.74, 6) is -0.419. The predicted octanol–water partition coefficient (Wildman–Crippen LogP) is 6.84. The van der Waals surface area contributed by atoms with Crippen LogP contribution in [-0.4, -0.2) is 5.78 Å². The van der Waals surface area contributed by atoms with E-state index in [1.165, 1.54) is 24.3 Å². The lowest BCUT2D eigenvalue weighted by Gasteiger charge is -2.08. The first-order valence-corrected chi connectivity index (χ1v) is 7.42. The van der Waals surface area contributed by atoms with E-state index in [2.05, 4.69) is 0 Å². The van der Waals surface area contributed by atoms with Crippen LogP contribution in [0.1, 0.15) is 15.9 Å². The molecule has 104 valence electrons. The summed E-state index contributed by atoms with van der Waals surface area (Å²) in [6.07, 6.45) is 0. The first-order chi connectivity index (χ1) is 9.31. The number of carbonyl (C=O) groups is 1. The zero-order chi connectivity index (χ0) is 15.0. The number of carbonyl (C=O) groups excluding carboxylic acids is 1. The second-order valence-electron chi connectivity index (χ2n) is 3.82. The van der Waals surface area contributed by atoms with Crippen molar-refractivity contribution in [3.63, 3.8) is 0 Å². The van der Waals surface area contributed by atoms with Crippen LogP contribution < -0.4 is 0 Å². The minimum atomic E-state index is -0.419. The summed E-state index contributed by atoms with van der Waals surface area (Å²) in [6.45, 7) is 0. The molecule has 0 fully saturated rings. The summed E-state index contributed by atoms with van der Waals surface area (Å²) in [4.78, 5) is 12.4. The van der Waals surface area contributed by atoms with Gasteiger partial charge in [-0.15, -0.1) is 0 Å². The largest absolute Gasteiger partial charge is 0.288 e. The molecule has 0 aliphatic carbocycles. The van der Waals surface area contributed by atoms with Gasteiger partial charge in [-0.05, 0) is 24.3 Å². The van der Waals surface area contributed by atoms with Crippen molar-refractivity contribution in [3.8, 4) is 0 Å². The van der Waals surface area contributed by atoms with E-state index in [0.717, 1.165) is 0 Å². The second kappa shape index (κ2) is 6.31. The van der Waals surface area contributed by atoms with Crippen LogP contribution in [0.25, 0.3) is 0 Å². The molecule has 2 aromatic carbocycles. The maximum atomic E-state index is 12.4. The monoisotopic (exact) mass is 386 g/mol. The SMILES string of the molecule is O=C(c1cc(Cl)c(Cl)cc1Cl)c1cc(Cl)c(Cl)cc1Cl. The van der Waals surface area contributed by atoms with E-state index in [1.54, 1.807) is 0 Å². The van der Waals surface area contributed by atoms with Gasteiger partial charge in [-0.1, -0.05) is 69.6 Å². The van der Waals surface area contributed by atoms with Crippen molar-refractivity contribution in [3.05, 3.63) is 65.5 Å². The van der Waals surface area contributed by atoms with Crippen LogP contribution in [0.4, 0.5) is 0 Å². The first kappa shape index (κ1) is 16.2. The van der Waals surface area contributed by atoms with Gasteiger partial charge in [0.1, 0.15) is 0 Å². The molecule has 0 bridgehead atoms. The van der Waals surface area contributed by atoms with E-state index < -0.39 is 5.78 Å². The molecular weight excluding hydrogens is 385 g/mol. The van der Waals surface area contributed by atoms with Gasteiger partial charge >= 0.3 is 0 Å². The van der Waals surface area contributed by atoms with E-state index in [0.29, 0.717) is 0 Å². The maximum Gasteiger partial charge on any atom is 0.196 e. The van der Waals surface area contributed by atoms with Crippen molar-refractivity contribution in [2.75, 3.05) is 0 Å². The number of hydrogen-bond donors (Lipinski definition) is 0. The van der Waals surface area contributed by atoms with E-state index in [1.807, 2.05) is 0 Å². The molecule has 0 saturated carbocycles. The minimum Gasteiger partial charge on any atom is -0.288 e. The Hall–Kier alpha value is -0.150. The van der Waals surface area contributed by atoms with Crippen molar-refractivity contribution in [1.82, 2.24) is 0 Å². The van der Waals surface area contributed by atoms with Crippen LogP contribution in [0.15, 0.2) is 24.3 Å². The summed E-state index contributed by atoms with van der Waals surface area (Å²) in [5.41, 5.74) is 0.364. The fourth-order valence-electron chi connectivity index (χ4n) is 1.54. The Morgan fingerprint density at radius 1 is 0.550 bits per heavy atom. The van der Waals surface area contributed by atoms with E-state index >= 15 is 0 Å². The Bertz CT molecular complexity index is 651. The number of halogens is 6. The van der Waals surface area contributed by atoms with E-state index in [9.17, 15) is 4.79 Å². The van der Waals surface area contributed by atoms with Crippen molar-refractivity contribution < 1.29 is 4.79 Å². The molecule has 0 radical (unpaired) electrons. The third-order valence-corrected chi connectivity index (χ3v) is 4.58. The van der Waals surface area contributed by atoms with Crippen LogP contribution in [0, 0.1) is 0 Å². The summed E-state index contributed by atoms with van der Waals surface area (Å²) in [7, 11) is 0. The highest BCUT2D eigenvalue weighted by Gasteiger charge is 2.19. The molecule has 2 aromatic rings. The zero-order valence-electron chi connectivity index (χ0n) is 9.49. The second-order valence-corrected chi connectivity index (χ2v) is 6.26. The maximum absolute atomic E-state index is 12.4. The third kappa shape index (κ3) is 3.19. The van der Waals surface area contributed by atoms with Gasteiger partial charge in [0.15, 0.2) is 5.78 Å². The van der Waals surface area contributed by atoms with Crippen LogP contribution in [0.3, 0.4) is 0 Å². The Balaban J connectivity index is 2.57. The molecule has 0 spiro atoms. The molecule has 0 aliphatic heterocycles. The van der Waals surface area contributed by atoms with Gasteiger partial charge in [-0.3, -0.25) is 4.79 Å². The fourth-order valence-corrected chi connectivity index (χ4v) is 2.80. The van der Waals surface area contributed by atoms with Crippen molar-refractivity contribution >= 4 is 75.4 Å². The topological polar surface area (TPSA) is 17.1 Å². The fraction of sp³-hybridized carbons (Fsp3) is 0. The van der Waals surface area contributed by atoms with Crippen molar-refractivity contribution in [1.29, 1.82) is 0 Å². The Labute approximate surface area is 145 Å². The molecule has 2 rings (SSSR count). The molecule has 0 aromatic heterocycles. The summed E-state index contributed by atoms with van der Waals surface area (Å²) >= 11 is 35.4. The molecular formula is C13H4Cl6O. The smallest absolute Gasteiger partial charge is 0.196 e. The molecule has 1 nitrogen and oxygen atoms in total. The van der Waals surface area contributed by atoms with Crippen molar-refractivity contribution in [2.24, 2.45) is 0 Å². The number of hydrogen-bond acceptors (Lipinski definition) is 1. The zero-order valence-corrected chi connectivity index (χ0v) is 14.0. The van der Waals surface area contributed by atoms with Gasteiger partial charge in [0.05, 0.1) is 30.1 Å². The quantitative estimate of drug-likeness (QED) is 0.406. The molecule has 0 heterocycles. The van der Waals surface area contributed by atoms with Crippen LogP contribution >= 0.6 is 69.6 Å². The molecule has 7 heteroatoms. The molecule has 0 saturated heterocycles. The lowest BCUT2D eigenvalue weighted by molar-refractivity contribution is 0.103. The van der Waals surface area contributed by atoms with Gasteiger partial charge in [0, 0.05) is 11.1 Å². The Morgan fingerprint density at radius 2 is 0.850 bits per heavy atom. The molecule has 0 atom stereocenters. The molecule has 0 amide bonds. The lowest BCUT2D eigenvalue weighted by atomic mass is 10.0. The highest BCUT2D eigenvalue weighted by atomic mass is 35.5. The minimum absolute atomic E-state index is 0.173. The van der Waals surface area contributed by atoms with Crippen LogP contribution in [0.5, 0.6) is 0 Å². The normalized spacial score (nSPS) is 10.7.